The van der Waals surface area contributed by atoms with Gasteiger partial charge in [-0.1, -0.05) is 34.1 Å². The summed E-state index contributed by atoms with van der Waals surface area (Å²) in [7, 11) is 0. The summed E-state index contributed by atoms with van der Waals surface area (Å²) in [6.45, 7) is 0.916. The molecule has 1 saturated carbocycles. The number of amides is 2. The number of benzene rings is 1. The first-order valence-corrected chi connectivity index (χ1v) is 10.1. The van der Waals surface area contributed by atoms with Crippen LogP contribution in [0.3, 0.4) is 0 Å². The first-order valence-electron chi connectivity index (χ1n) is 9.31. The van der Waals surface area contributed by atoms with E-state index in [1.54, 1.807) is 11.1 Å². The molecule has 1 aromatic heterocycles. The van der Waals surface area contributed by atoms with E-state index in [9.17, 15) is 9.59 Å². The predicted octanol–water partition coefficient (Wildman–Crippen LogP) is 3.39. The van der Waals surface area contributed by atoms with Crippen LogP contribution < -0.4 is 5.32 Å². The van der Waals surface area contributed by atoms with Crippen LogP contribution >= 0.6 is 15.9 Å². The molecule has 1 atom stereocenters. The Morgan fingerprint density at radius 2 is 2.00 bits per heavy atom. The molecule has 27 heavy (non-hydrogen) atoms. The number of nitrogens with zero attached hydrogens (tertiary/aromatic N) is 2. The quantitative estimate of drug-likeness (QED) is 0.795. The van der Waals surface area contributed by atoms with Crippen molar-refractivity contribution in [3.63, 3.8) is 0 Å². The summed E-state index contributed by atoms with van der Waals surface area (Å²) in [5, 5.41) is 3.26. The molecule has 5 nitrogen and oxygen atoms in total. The van der Waals surface area contributed by atoms with Gasteiger partial charge in [0.2, 0.25) is 11.8 Å². The fourth-order valence-electron chi connectivity index (χ4n) is 3.91. The Labute approximate surface area is 167 Å². The lowest BCUT2D eigenvalue weighted by Gasteiger charge is -2.43. The Kier molecular flexibility index (Phi) is 5.00. The summed E-state index contributed by atoms with van der Waals surface area (Å²) < 4.78 is 1.03. The lowest BCUT2D eigenvalue weighted by molar-refractivity contribution is -0.130. The number of aromatic nitrogens is 1. The van der Waals surface area contributed by atoms with Gasteiger partial charge in [0.05, 0.1) is 23.7 Å². The second-order valence-corrected chi connectivity index (χ2v) is 8.34. The number of halogens is 1. The summed E-state index contributed by atoms with van der Waals surface area (Å²) in [5.41, 5.74) is 1.70. The molecule has 0 radical (unpaired) electrons. The molecule has 6 heteroatoms. The van der Waals surface area contributed by atoms with Gasteiger partial charge in [0.15, 0.2) is 0 Å². The molecule has 0 spiro atoms. The lowest BCUT2D eigenvalue weighted by Crippen LogP contribution is -2.52. The second kappa shape index (κ2) is 7.43. The van der Waals surface area contributed by atoms with E-state index in [4.69, 9.17) is 0 Å². The van der Waals surface area contributed by atoms with Crippen LogP contribution in [-0.4, -0.2) is 28.2 Å². The van der Waals surface area contributed by atoms with E-state index in [2.05, 4.69) is 38.4 Å². The van der Waals surface area contributed by atoms with Crippen LogP contribution in [-0.2, 0) is 21.7 Å². The van der Waals surface area contributed by atoms with Crippen molar-refractivity contribution in [3.8, 4) is 0 Å². The van der Waals surface area contributed by atoms with Gasteiger partial charge in [0, 0.05) is 23.6 Å². The predicted molar refractivity (Wildman–Crippen MR) is 106 cm³/mol. The normalized spacial score (nSPS) is 21.0. The summed E-state index contributed by atoms with van der Waals surface area (Å²) in [4.78, 5) is 31.3. The van der Waals surface area contributed by atoms with Crippen LogP contribution in [0.5, 0.6) is 0 Å². The smallest absolute Gasteiger partial charge is 0.226 e. The Bertz CT molecular complexity index is 834. The molecule has 1 aliphatic heterocycles. The van der Waals surface area contributed by atoms with Crippen molar-refractivity contribution in [3.05, 3.63) is 64.4 Å². The monoisotopic (exact) mass is 427 g/mol. The fraction of sp³-hybridized carbons (Fsp3) is 0.381. The minimum atomic E-state index is -0.297. The van der Waals surface area contributed by atoms with E-state index in [0.717, 1.165) is 35.0 Å². The average Bonchev–Trinajstić information content (AvgIpc) is 3.00. The van der Waals surface area contributed by atoms with Gasteiger partial charge in [-0.2, -0.15) is 0 Å². The first kappa shape index (κ1) is 18.2. The maximum absolute atomic E-state index is 12.9. The highest BCUT2D eigenvalue weighted by atomic mass is 79.9. The zero-order valence-electron chi connectivity index (χ0n) is 15.0. The third-order valence-corrected chi connectivity index (χ3v) is 6.16. The standard InChI is InChI=1S/C21H22BrN3O2/c22-17-7-5-16(6-8-17)21(9-3-10-21)24-20(27)15-12-19(26)25(13-15)14-18-4-1-2-11-23-18/h1-2,4-8,11,15H,3,9-10,12-14H2,(H,24,27). The zero-order chi connectivity index (χ0) is 18.9. The van der Waals surface area contributed by atoms with Gasteiger partial charge in [-0.15, -0.1) is 0 Å². The molecule has 0 bridgehead atoms. The van der Waals surface area contributed by atoms with Gasteiger partial charge >= 0.3 is 0 Å². The van der Waals surface area contributed by atoms with Crippen molar-refractivity contribution >= 4 is 27.7 Å². The highest BCUT2D eigenvalue weighted by Gasteiger charge is 2.43. The average molecular weight is 428 g/mol. The van der Waals surface area contributed by atoms with Crippen molar-refractivity contribution in [2.24, 2.45) is 5.92 Å². The Hall–Kier alpha value is -2.21. The van der Waals surface area contributed by atoms with Crippen LogP contribution in [0.15, 0.2) is 53.1 Å². The molecule has 140 valence electrons. The van der Waals surface area contributed by atoms with Crippen molar-refractivity contribution in [2.75, 3.05) is 6.54 Å². The highest BCUT2D eigenvalue weighted by molar-refractivity contribution is 9.10. The number of likely N-dealkylation sites (tertiary alicyclic amines) is 1. The number of hydrogen-bond acceptors (Lipinski definition) is 3. The van der Waals surface area contributed by atoms with Crippen LogP contribution in [0.25, 0.3) is 0 Å². The van der Waals surface area contributed by atoms with E-state index in [0.29, 0.717) is 13.1 Å². The number of hydrogen-bond donors (Lipinski definition) is 1. The number of carbonyl (C=O) groups is 2. The number of nitrogens with one attached hydrogen (secondary N) is 1. The van der Waals surface area contributed by atoms with E-state index < -0.39 is 0 Å². The molecule has 1 N–H and O–H groups in total. The van der Waals surface area contributed by atoms with Gasteiger partial charge in [-0.25, -0.2) is 0 Å². The molecule has 1 unspecified atom stereocenters. The van der Waals surface area contributed by atoms with Crippen molar-refractivity contribution in [1.29, 1.82) is 0 Å². The molecule has 2 heterocycles. The molecule has 2 amide bonds. The number of carbonyl (C=O) groups excluding carboxylic acids is 2. The van der Waals surface area contributed by atoms with E-state index >= 15 is 0 Å². The zero-order valence-corrected chi connectivity index (χ0v) is 16.6. The Balaban J connectivity index is 1.42. The largest absolute Gasteiger partial charge is 0.346 e. The highest BCUT2D eigenvalue weighted by Crippen LogP contribution is 2.42. The van der Waals surface area contributed by atoms with Crippen molar-refractivity contribution in [2.45, 2.75) is 37.8 Å². The summed E-state index contributed by atoms with van der Waals surface area (Å²) in [6, 6.07) is 13.8. The molecular formula is C21H22BrN3O2. The van der Waals surface area contributed by atoms with E-state index in [-0.39, 0.29) is 29.7 Å². The second-order valence-electron chi connectivity index (χ2n) is 7.43. The molecule has 2 fully saturated rings. The topological polar surface area (TPSA) is 62.3 Å². The third-order valence-electron chi connectivity index (χ3n) is 5.63. The summed E-state index contributed by atoms with van der Waals surface area (Å²) >= 11 is 3.46. The maximum Gasteiger partial charge on any atom is 0.226 e. The van der Waals surface area contributed by atoms with Crippen LogP contribution in [0.1, 0.15) is 36.9 Å². The first-order chi connectivity index (χ1) is 13.1. The van der Waals surface area contributed by atoms with Crippen LogP contribution in [0.2, 0.25) is 0 Å². The van der Waals surface area contributed by atoms with Gasteiger partial charge in [0.25, 0.3) is 0 Å². The van der Waals surface area contributed by atoms with E-state index in [1.807, 2.05) is 30.3 Å². The number of pyridine rings is 1. The maximum atomic E-state index is 12.9. The molecule has 2 aliphatic rings. The molecule has 1 aliphatic carbocycles. The fourth-order valence-corrected chi connectivity index (χ4v) is 4.18. The third kappa shape index (κ3) is 3.76. The minimum Gasteiger partial charge on any atom is -0.346 e. The molecule has 1 aromatic carbocycles. The van der Waals surface area contributed by atoms with Crippen LogP contribution in [0, 0.1) is 5.92 Å². The van der Waals surface area contributed by atoms with Gasteiger partial charge in [-0.05, 0) is 49.1 Å². The van der Waals surface area contributed by atoms with E-state index in [1.165, 1.54) is 0 Å². The van der Waals surface area contributed by atoms with Crippen molar-refractivity contribution in [1.82, 2.24) is 15.2 Å². The molecule has 1 saturated heterocycles. The molecule has 4 rings (SSSR count). The Morgan fingerprint density at radius 1 is 1.22 bits per heavy atom. The minimum absolute atomic E-state index is 0.0190. The Morgan fingerprint density at radius 3 is 2.63 bits per heavy atom. The van der Waals surface area contributed by atoms with Gasteiger partial charge < -0.3 is 10.2 Å². The van der Waals surface area contributed by atoms with Crippen LogP contribution in [0.4, 0.5) is 0 Å². The van der Waals surface area contributed by atoms with Gasteiger partial charge in [0.1, 0.15) is 0 Å². The number of rotatable bonds is 5. The lowest BCUT2D eigenvalue weighted by atomic mass is 9.71. The summed E-state index contributed by atoms with van der Waals surface area (Å²) in [6.07, 6.45) is 4.98. The van der Waals surface area contributed by atoms with Crippen molar-refractivity contribution < 1.29 is 9.59 Å². The molecule has 2 aromatic rings. The summed E-state index contributed by atoms with van der Waals surface area (Å²) in [5.74, 6) is -0.296. The SMILES string of the molecule is O=C(NC1(c2ccc(Br)cc2)CCC1)C1CC(=O)N(Cc2ccccn2)C1. The molecular weight excluding hydrogens is 406 g/mol. The van der Waals surface area contributed by atoms with Gasteiger partial charge in [-0.3, -0.25) is 14.6 Å².